The highest BCUT2D eigenvalue weighted by Gasteiger charge is 2.11. The maximum absolute atomic E-state index is 2.33. The average molecular weight is 361 g/mol. The Kier molecular flexibility index (Phi) is 8.20. The Hall–Kier alpha value is -1.96. The second-order valence-electron chi connectivity index (χ2n) is 7.52. The molecule has 0 N–H and O–H groups in total. The Morgan fingerprint density at radius 2 is 1.54 bits per heavy atom. The number of hydrogen-bond donors (Lipinski definition) is 0. The summed E-state index contributed by atoms with van der Waals surface area (Å²) in [5.74, 6) is 1.40. The van der Waals surface area contributed by atoms with Crippen molar-refractivity contribution in [3.05, 3.63) is 59.2 Å². The molecule has 2 aromatic rings. The van der Waals surface area contributed by atoms with Crippen molar-refractivity contribution in [2.24, 2.45) is 11.8 Å². The van der Waals surface area contributed by atoms with E-state index in [1.165, 1.54) is 30.7 Å². The summed E-state index contributed by atoms with van der Waals surface area (Å²) >= 11 is 0. The molecule has 0 atom stereocenters. The van der Waals surface area contributed by atoms with Crippen molar-refractivity contribution in [3.8, 4) is 0 Å². The predicted molar refractivity (Wildman–Crippen MR) is 121 cm³/mol. The minimum absolute atomic E-state index is 0. The molecule has 0 aliphatic carbocycles. The van der Waals surface area contributed by atoms with Crippen LogP contribution in [0, 0.1) is 11.8 Å². The molecule has 0 bridgehead atoms. The van der Waals surface area contributed by atoms with Crippen molar-refractivity contribution in [1.29, 1.82) is 0 Å². The van der Waals surface area contributed by atoms with Crippen LogP contribution in [0.15, 0.2) is 47.8 Å². The van der Waals surface area contributed by atoms with Crippen LogP contribution in [0.25, 0.3) is 12.3 Å². The fourth-order valence-electron chi connectivity index (χ4n) is 3.45. The highest BCUT2D eigenvalue weighted by atomic mass is 15.0. The van der Waals surface area contributed by atoms with E-state index in [1.54, 1.807) is 11.1 Å². The Bertz CT molecular complexity index is 684. The third-order valence-corrected chi connectivity index (χ3v) is 5.16. The van der Waals surface area contributed by atoms with E-state index in [-0.39, 0.29) is 17.7 Å². The van der Waals surface area contributed by atoms with Gasteiger partial charge in [0.05, 0.1) is 0 Å². The van der Waals surface area contributed by atoms with Crippen LogP contribution >= 0.6 is 0 Å². The van der Waals surface area contributed by atoms with E-state index in [2.05, 4.69) is 85.8 Å². The topological polar surface area (TPSA) is 9.86 Å². The van der Waals surface area contributed by atoms with Crippen LogP contribution in [-0.4, -0.2) is 9.13 Å². The van der Waals surface area contributed by atoms with Crippen molar-refractivity contribution < 1.29 is 2.85 Å². The van der Waals surface area contributed by atoms with Gasteiger partial charge in [0.2, 0.25) is 0 Å². The van der Waals surface area contributed by atoms with Gasteiger partial charge in [-0.25, -0.2) is 0 Å². The molecule has 0 spiro atoms. The third kappa shape index (κ3) is 5.03. The monoisotopic (exact) mass is 360 g/mol. The maximum Gasteiger partial charge on any atom is 0.0406 e. The minimum Gasteiger partial charge on any atom is -0.348 e. The minimum atomic E-state index is 0. The van der Waals surface area contributed by atoms with E-state index >= 15 is 0 Å². The van der Waals surface area contributed by atoms with Gasteiger partial charge in [-0.15, -0.1) is 0 Å². The van der Waals surface area contributed by atoms with Gasteiger partial charge in [0.1, 0.15) is 0 Å². The molecule has 0 amide bonds. The molecule has 2 aliphatic rings. The lowest BCUT2D eigenvalue weighted by Gasteiger charge is -2.18. The van der Waals surface area contributed by atoms with Crippen LogP contribution in [0.2, 0.25) is 0 Å². The summed E-state index contributed by atoms with van der Waals surface area (Å²) in [6, 6.07) is 8.62. The lowest BCUT2D eigenvalue weighted by atomic mass is 9.97. The zero-order valence-electron chi connectivity index (χ0n) is 15.5. The molecule has 2 aliphatic heterocycles. The van der Waals surface area contributed by atoms with E-state index in [4.69, 9.17) is 0 Å². The summed E-state index contributed by atoms with van der Waals surface area (Å²) in [7, 11) is 0. The van der Waals surface area contributed by atoms with Crippen molar-refractivity contribution in [2.75, 3.05) is 0 Å². The summed E-state index contributed by atoms with van der Waals surface area (Å²) in [4.78, 5) is 0. The van der Waals surface area contributed by atoms with Gasteiger partial charge in [-0.1, -0.05) is 53.7 Å². The molecule has 0 unspecified atom stereocenters. The van der Waals surface area contributed by atoms with E-state index in [0.29, 0.717) is 11.8 Å². The molecule has 26 heavy (non-hydrogen) atoms. The van der Waals surface area contributed by atoms with Gasteiger partial charge < -0.3 is 9.13 Å². The second kappa shape index (κ2) is 9.66. The normalized spacial score (nSPS) is 14.8. The first-order valence-corrected chi connectivity index (χ1v) is 9.26. The molecule has 0 fully saturated rings. The molecular formula is C24H42N2. The van der Waals surface area contributed by atoms with Crippen LogP contribution < -0.4 is 0 Å². The molecule has 0 aromatic carbocycles. The summed E-state index contributed by atoms with van der Waals surface area (Å²) in [6.45, 7) is 10.2. The standard InChI is InChI=1S/2C11H15N.2CH4.2H2/c1-9(2)10-5-6-11-4-3-7-12(11)8-10;1-9(2)10-5-7-12-6-3-4-11(12)8-10;;;;/h3-4,7-9H,5-6H2,1-2H3;3-4,6,8-9H,5,7H2,1-2H3;2*1H4;2*1H/i;;;;2*1+1. The first kappa shape index (κ1) is 22.1. The highest BCUT2D eigenvalue weighted by molar-refractivity contribution is 5.52. The summed E-state index contributed by atoms with van der Waals surface area (Å²) in [5.41, 5.74) is 5.96. The van der Waals surface area contributed by atoms with Crippen LogP contribution in [0.3, 0.4) is 0 Å². The van der Waals surface area contributed by atoms with Crippen LogP contribution in [0.1, 0.15) is 69.6 Å². The number of allylic oxidation sites excluding steroid dienone is 2. The lowest BCUT2D eigenvalue weighted by Crippen LogP contribution is -2.08. The third-order valence-electron chi connectivity index (χ3n) is 5.16. The number of hydrogen-bond acceptors (Lipinski definition) is 0. The molecular weight excluding hydrogens is 316 g/mol. The Labute approximate surface area is 164 Å². The van der Waals surface area contributed by atoms with Gasteiger partial charge in [0, 0.05) is 39.4 Å². The van der Waals surface area contributed by atoms with Gasteiger partial charge >= 0.3 is 0 Å². The zero-order valence-corrected chi connectivity index (χ0v) is 15.5. The van der Waals surface area contributed by atoms with Crippen molar-refractivity contribution >= 4 is 12.3 Å². The van der Waals surface area contributed by atoms with Crippen LogP contribution in [0.5, 0.6) is 0 Å². The van der Waals surface area contributed by atoms with Crippen molar-refractivity contribution in [1.82, 2.24) is 9.13 Å². The number of aromatic nitrogens is 2. The number of nitrogens with zero attached hydrogens (tertiary/aromatic N) is 2. The molecule has 148 valence electrons. The van der Waals surface area contributed by atoms with Gasteiger partial charge in [-0.05, 0) is 61.4 Å². The quantitative estimate of drug-likeness (QED) is 0.521. The molecule has 2 heteroatoms. The fourth-order valence-corrected chi connectivity index (χ4v) is 3.45. The Balaban J connectivity index is 0. The summed E-state index contributed by atoms with van der Waals surface area (Å²) in [6.07, 6.45) is 12.6. The van der Waals surface area contributed by atoms with Crippen molar-refractivity contribution in [2.45, 2.75) is 68.4 Å². The van der Waals surface area contributed by atoms with E-state index in [9.17, 15) is 0 Å². The van der Waals surface area contributed by atoms with Gasteiger partial charge in [0.25, 0.3) is 0 Å². The molecule has 0 saturated heterocycles. The molecule has 2 nitrogen and oxygen atoms in total. The predicted octanol–water partition coefficient (Wildman–Crippen LogP) is 7.63. The zero-order chi connectivity index (χ0) is 17.1. The van der Waals surface area contributed by atoms with Gasteiger partial charge in [-0.3, -0.25) is 0 Å². The van der Waals surface area contributed by atoms with E-state index in [1.807, 2.05) is 0 Å². The Morgan fingerprint density at radius 3 is 2.23 bits per heavy atom. The summed E-state index contributed by atoms with van der Waals surface area (Å²) in [5, 5.41) is 0. The maximum atomic E-state index is 2.33. The van der Waals surface area contributed by atoms with Crippen LogP contribution in [-0.2, 0) is 13.0 Å². The van der Waals surface area contributed by atoms with Gasteiger partial charge in [-0.2, -0.15) is 0 Å². The SMILES string of the molecule is C.C.CC(C)C1=Cc2cccn2CC1.CC(C)C1=Cn2cccc2CC1.[2HH].[2HH]. The molecule has 4 rings (SSSR count). The number of rotatable bonds is 2. The number of fused-ring (bicyclic) bond motifs is 2. The van der Waals surface area contributed by atoms with E-state index < -0.39 is 0 Å². The highest BCUT2D eigenvalue weighted by Crippen LogP contribution is 2.24. The largest absolute Gasteiger partial charge is 0.348 e. The fraction of sp³-hybridized carbons (Fsp3) is 0.500. The van der Waals surface area contributed by atoms with E-state index in [0.717, 1.165) is 6.54 Å². The van der Waals surface area contributed by atoms with Crippen LogP contribution in [0.4, 0.5) is 0 Å². The first-order valence-electron chi connectivity index (χ1n) is 9.26. The molecule has 4 heterocycles. The van der Waals surface area contributed by atoms with Crippen molar-refractivity contribution in [3.63, 3.8) is 0 Å². The summed E-state index contributed by atoms with van der Waals surface area (Å²) < 4.78 is 4.56. The van der Waals surface area contributed by atoms with Gasteiger partial charge in [0.15, 0.2) is 0 Å². The molecule has 0 radical (unpaired) electrons. The lowest BCUT2D eigenvalue weighted by molar-refractivity contribution is 0.617. The second-order valence-corrected chi connectivity index (χ2v) is 7.52. The molecule has 2 aromatic heterocycles. The molecule has 0 saturated carbocycles. The first-order chi connectivity index (χ1) is 11.5. The smallest absolute Gasteiger partial charge is 0.0406 e. The average Bonchev–Trinajstić information content (AvgIpc) is 3.22. The number of aryl methyl sites for hydroxylation is 2. The Morgan fingerprint density at radius 1 is 0.846 bits per heavy atom.